The number of sulfonamides is 1. The van der Waals surface area contributed by atoms with Crippen LogP contribution in [0.4, 0.5) is 18.3 Å². The first-order chi connectivity index (χ1) is 13.4. The zero-order chi connectivity index (χ0) is 21.8. The molecular weight excluding hydrogens is 429 g/mol. The Morgan fingerprint density at radius 1 is 1.24 bits per heavy atom. The van der Waals surface area contributed by atoms with E-state index in [1.165, 1.54) is 11.3 Å². The fraction of sp³-hybridized carbons (Fsp3) is 0.412. The molecule has 0 aliphatic heterocycles. The van der Waals surface area contributed by atoms with Crippen molar-refractivity contribution in [2.24, 2.45) is 0 Å². The van der Waals surface area contributed by atoms with Crippen LogP contribution in [0.1, 0.15) is 11.3 Å². The second kappa shape index (κ2) is 9.20. The number of rotatable bonds is 8. The van der Waals surface area contributed by atoms with Gasteiger partial charge in [-0.3, -0.25) is 4.79 Å². The van der Waals surface area contributed by atoms with Gasteiger partial charge in [0, 0.05) is 18.5 Å². The van der Waals surface area contributed by atoms with E-state index in [-0.39, 0.29) is 13.1 Å². The van der Waals surface area contributed by atoms with Crippen LogP contribution < -0.4 is 5.32 Å². The van der Waals surface area contributed by atoms with E-state index >= 15 is 0 Å². The molecule has 0 unspecified atom stereocenters. The highest BCUT2D eigenvalue weighted by Crippen LogP contribution is 2.31. The van der Waals surface area contributed by atoms with Gasteiger partial charge in [-0.1, -0.05) is 6.07 Å². The standard InChI is InChI=1S/C17H21F3N4O3S2/c1-12-11-28-16(21-12)22-15(25)10-24(8-7-23(2)3)29(26,27)14-6-4-5-13(9-14)17(18,19)20/h4-6,9,11H,7-8,10H2,1-3H3,(H,21,22,25). The second-order valence-corrected chi connectivity index (χ2v) is 9.31. The number of carbonyl (C=O) groups excluding carboxylic acids is 1. The van der Waals surface area contributed by atoms with Gasteiger partial charge >= 0.3 is 6.18 Å². The molecule has 1 aromatic heterocycles. The Bertz CT molecular complexity index is 959. The first-order valence-electron chi connectivity index (χ1n) is 8.43. The van der Waals surface area contributed by atoms with Crippen LogP contribution >= 0.6 is 11.3 Å². The van der Waals surface area contributed by atoms with E-state index in [2.05, 4.69) is 10.3 Å². The van der Waals surface area contributed by atoms with Gasteiger partial charge in [-0.15, -0.1) is 11.3 Å². The second-order valence-electron chi connectivity index (χ2n) is 6.51. The average Bonchev–Trinajstić information content (AvgIpc) is 3.02. The van der Waals surface area contributed by atoms with Crippen LogP contribution in [0.3, 0.4) is 0 Å². The van der Waals surface area contributed by atoms with Gasteiger partial charge in [0.05, 0.1) is 22.7 Å². The SMILES string of the molecule is Cc1csc(NC(=O)CN(CCN(C)C)S(=O)(=O)c2cccc(C(F)(F)F)c2)n1. The van der Waals surface area contributed by atoms with Gasteiger partial charge < -0.3 is 10.2 Å². The largest absolute Gasteiger partial charge is 0.416 e. The minimum absolute atomic E-state index is 0.0735. The fourth-order valence-corrected chi connectivity index (χ4v) is 4.45. The Balaban J connectivity index is 2.28. The van der Waals surface area contributed by atoms with Crippen LogP contribution in [0.5, 0.6) is 0 Å². The van der Waals surface area contributed by atoms with Gasteiger partial charge in [0.1, 0.15) is 0 Å². The minimum Gasteiger partial charge on any atom is -0.308 e. The molecule has 2 aromatic rings. The molecule has 1 amide bonds. The normalized spacial score (nSPS) is 12.6. The van der Waals surface area contributed by atoms with E-state index in [4.69, 9.17) is 0 Å². The van der Waals surface area contributed by atoms with Gasteiger partial charge in [0.25, 0.3) is 0 Å². The average molecular weight is 451 g/mol. The molecule has 1 aromatic carbocycles. The maximum Gasteiger partial charge on any atom is 0.416 e. The quantitative estimate of drug-likeness (QED) is 0.669. The van der Waals surface area contributed by atoms with Crippen molar-refractivity contribution in [3.8, 4) is 0 Å². The summed E-state index contributed by atoms with van der Waals surface area (Å²) in [5.41, 5.74) is -0.375. The summed E-state index contributed by atoms with van der Waals surface area (Å²) in [7, 11) is -0.901. The predicted molar refractivity (Wildman–Crippen MR) is 104 cm³/mol. The Hall–Kier alpha value is -2.02. The summed E-state index contributed by atoms with van der Waals surface area (Å²) in [5.74, 6) is -0.631. The summed E-state index contributed by atoms with van der Waals surface area (Å²) >= 11 is 1.19. The predicted octanol–water partition coefficient (Wildman–Crippen LogP) is 2.66. The highest BCUT2D eigenvalue weighted by Gasteiger charge is 2.33. The highest BCUT2D eigenvalue weighted by molar-refractivity contribution is 7.89. The lowest BCUT2D eigenvalue weighted by molar-refractivity contribution is -0.137. The third-order valence-electron chi connectivity index (χ3n) is 3.78. The Morgan fingerprint density at radius 2 is 1.93 bits per heavy atom. The van der Waals surface area contributed by atoms with Crippen LogP contribution in [0.2, 0.25) is 0 Å². The Labute approximate surface area is 171 Å². The van der Waals surface area contributed by atoms with E-state index in [1.807, 2.05) is 0 Å². The third kappa shape index (κ3) is 6.49. The molecule has 0 aliphatic carbocycles. The van der Waals surface area contributed by atoms with E-state index in [0.717, 1.165) is 22.5 Å². The number of amides is 1. The van der Waals surface area contributed by atoms with Crippen molar-refractivity contribution in [2.75, 3.05) is 39.0 Å². The molecule has 12 heteroatoms. The van der Waals surface area contributed by atoms with Gasteiger partial charge in [0.2, 0.25) is 15.9 Å². The first kappa shape index (κ1) is 23.3. The minimum atomic E-state index is -4.68. The molecule has 0 bridgehead atoms. The third-order valence-corrected chi connectivity index (χ3v) is 6.50. The smallest absolute Gasteiger partial charge is 0.308 e. The maximum atomic E-state index is 13.0. The lowest BCUT2D eigenvalue weighted by Gasteiger charge is -2.23. The number of likely N-dealkylation sites (N-methyl/N-ethyl adjacent to an activating group) is 1. The number of aromatic nitrogens is 1. The Morgan fingerprint density at radius 3 is 2.48 bits per heavy atom. The van der Waals surface area contributed by atoms with E-state index in [9.17, 15) is 26.4 Å². The summed E-state index contributed by atoms with van der Waals surface area (Å²) in [6.45, 7) is 1.40. The van der Waals surface area contributed by atoms with Gasteiger partial charge in [-0.05, 0) is 39.2 Å². The van der Waals surface area contributed by atoms with E-state index in [1.54, 1.807) is 31.3 Å². The number of benzene rings is 1. The number of anilines is 1. The first-order valence-corrected chi connectivity index (χ1v) is 10.8. The highest BCUT2D eigenvalue weighted by atomic mass is 32.2. The topological polar surface area (TPSA) is 82.6 Å². The molecule has 0 atom stereocenters. The van der Waals surface area contributed by atoms with Gasteiger partial charge in [-0.2, -0.15) is 17.5 Å². The molecule has 0 radical (unpaired) electrons. The van der Waals surface area contributed by atoms with Crippen molar-refractivity contribution >= 4 is 32.4 Å². The summed E-state index contributed by atoms with van der Waals surface area (Å²) < 4.78 is 65.7. The molecule has 0 fully saturated rings. The number of aryl methyl sites for hydroxylation is 1. The monoisotopic (exact) mass is 450 g/mol. The molecule has 0 aliphatic rings. The van der Waals surface area contributed by atoms with Crippen LogP contribution in [0.15, 0.2) is 34.5 Å². The summed E-state index contributed by atoms with van der Waals surface area (Å²) in [6, 6.07) is 3.47. The number of halogens is 3. The van der Waals surface area contributed by atoms with Crippen LogP contribution in [0.25, 0.3) is 0 Å². The maximum absolute atomic E-state index is 13.0. The Kier molecular flexibility index (Phi) is 7.38. The molecule has 2 rings (SSSR count). The molecule has 160 valence electrons. The number of nitrogens with zero attached hydrogens (tertiary/aromatic N) is 3. The van der Waals surface area contributed by atoms with Crippen molar-refractivity contribution in [3.63, 3.8) is 0 Å². The van der Waals surface area contributed by atoms with Crippen molar-refractivity contribution < 1.29 is 26.4 Å². The number of nitrogens with one attached hydrogen (secondary N) is 1. The number of hydrogen-bond donors (Lipinski definition) is 1. The molecule has 0 spiro atoms. The van der Waals surface area contributed by atoms with Crippen LogP contribution in [-0.4, -0.2) is 62.2 Å². The van der Waals surface area contributed by atoms with Crippen molar-refractivity contribution in [2.45, 2.75) is 18.0 Å². The number of thiazole rings is 1. The van der Waals surface area contributed by atoms with Crippen LogP contribution in [-0.2, 0) is 21.0 Å². The number of carbonyl (C=O) groups is 1. The lowest BCUT2D eigenvalue weighted by Crippen LogP contribution is -2.41. The zero-order valence-corrected chi connectivity index (χ0v) is 17.7. The number of alkyl halides is 3. The molecule has 1 heterocycles. The van der Waals surface area contributed by atoms with E-state index in [0.29, 0.717) is 16.9 Å². The number of hydrogen-bond acceptors (Lipinski definition) is 6. The summed E-state index contributed by atoms with van der Waals surface area (Å²) in [5, 5.41) is 4.55. The van der Waals surface area contributed by atoms with Gasteiger partial charge in [-0.25, -0.2) is 13.4 Å². The molecule has 1 N–H and O–H groups in total. The van der Waals surface area contributed by atoms with Crippen molar-refractivity contribution in [1.82, 2.24) is 14.2 Å². The zero-order valence-electron chi connectivity index (χ0n) is 16.0. The van der Waals surface area contributed by atoms with E-state index < -0.39 is 39.1 Å². The molecule has 7 nitrogen and oxygen atoms in total. The lowest BCUT2D eigenvalue weighted by atomic mass is 10.2. The molecular formula is C17H21F3N4O3S2. The van der Waals surface area contributed by atoms with Crippen LogP contribution in [0, 0.1) is 6.92 Å². The fourth-order valence-electron chi connectivity index (χ4n) is 2.31. The molecule has 0 saturated carbocycles. The summed E-state index contributed by atoms with van der Waals surface area (Å²) in [6.07, 6.45) is -4.68. The van der Waals surface area contributed by atoms with Crippen molar-refractivity contribution in [3.05, 3.63) is 40.9 Å². The van der Waals surface area contributed by atoms with Gasteiger partial charge in [0.15, 0.2) is 5.13 Å². The summed E-state index contributed by atoms with van der Waals surface area (Å²) in [4.78, 5) is 17.6. The molecule has 0 saturated heterocycles. The van der Waals surface area contributed by atoms with Crippen molar-refractivity contribution in [1.29, 1.82) is 0 Å². The molecule has 29 heavy (non-hydrogen) atoms.